The van der Waals surface area contributed by atoms with Crippen molar-refractivity contribution in [2.24, 2.45) is 26.6 Å². The molecule has 3 atom stereocenters. The highest BCUT2D eigenvalue weighted by atomic mass is 16.5. The van der Waals surface area contributed by atoms with Crippen LogP contribution in [0.3, 0.4) is 0 Å². The maximum atomic E-state index is 6.74. The summed E-state index contributed by atoms with van der Waals surface area (Å²) in [6.07, 6.45) is 1.09. The average molecular weight is 654 g/mol. The lowest BCUT2D eigenvalue weighted by Crippen LogP contribution is -2.47. The van der Waals surface area contributed by atoms with Gasteiger partial charge in [0.25, 0.3) is 0 Å². The number of fused-ring (bicyclic) bond motifs is 1. The summed E-state index contributed by atoms with van der Waals surface area (Å²) in [5, 5.41) is 21.4. The van der Waals surface area contributed by atoms with Gasteiger partial charge in [0.15, 0.2) is 6.17 Å². The standard InChI is InChI=1S/C37H43N5O6/c1-43-32-12-7-4-9-26(32)23-46-17-8-18-47-29-15-13-25(14-16-29)36-27(20-35-39-41-42-40-35)21-38-22-34(36)48-24-28-19-33(44-2)30-10-5-6-11-31(30)37(28)45-3/h4-7,9-16,19,27,34-36,38H,8,17-18,20-24H2,1-3H3/t27-,34+,36-/m1/s1. The molecule has 0 saturated carbocycles. The SMILES string of the molecule is COc1ccccc1COCCCOc1ccc([C@@H]2[C@H](CC3N=NN=N3)CNC[C@@H]2OCc2cc(OC)c3ccccc3c2OC)cc1. The van der Waals surface area contributed by atoms with Crippen LogP contribution in [-0.2, 0) is 22.7 Å². The highest BCUT2D eigenvalue weighted by Crippen LogP contribution is 2.40. The lowest BCUT2D eigenvalue weighted by molar-refractivity contribution is -0.00872. The van der Waals surface area contributed by atoms with Gasteiger partial charge in [-0.3, -0.25) is 0 Å². The van der Waals surface area contributed by atoms with Crippen LogP contribution in [-0.4, -0.2) is 59.9 Å². The largest absolute Gasteiger partial charge is 0.496 e. The van der Waals surface area contributed by atoms with Crippen molar-refractivity contribution < 1.29 is 28.4 Å². The van der Waals surface area contributed by atoms with Crippen LogP contribution < -0.4 is 24.3 Å². The minimum absolute atomic E-state index is 0.0861. The van der Waals surface area contributed by atoms with Gasteiger partial charge in [-0.1, -0.05) is 54.6 Å². The van der Waals surface area contributed by atoms with Gasteiger partial charge in [0.1, 0.15) is 23.0 Å². The Morgan fingerprint density at radius 2 is 1.48 bits per heavy atom. The highest BCUT2D eigenvalue weighted by Gasteiger charge is 2.37. The molecule has 2 heterocycles. The van der Waals surface area contributed by atoms with Gasteiger partial charge in [0, 0.05) is 40.8 Å². The van der Waals surface area contributed by atoms with E-state index in [4.69, 9.17) is 28.4 Å². The summed E-state index contributed by atoms with van der Waals surface area (Å²) >= 11 is 0. The Morgan fingerprint density at radius 3 is 2.25 bits per heavy atom. The molecular weight excluding hydrogens is 610 g/mol. The molecule has 1 N–H and O–H groups in total. The number of hydrogen-bond acceptors (Lipinski definition) is 11. The van der Waals surface area contributed by atoms with Gasteiger partial charge in [-0.05, 0) is 59.2 Å². The van der Waals surface area contributed by atoms with Crippen LogP contribution in [0.2, 0.25) is 0 Å². The van der Waals surface area contributed by atoms with Gasteiger partial charge in [0.05, 0.1) is 53.9 Å². The molecular formula is C37H43N5O6. The number of para-hydroxylation sites is 1. The first-order chi connectivity index (χ1) is 23.7. The molecule has 4 aromatic rings. The monoisotopic (exact) mass is 653 g/mol. The molecule has 0 spiro atoms. The Kier molecular flexibility index (Phi) is 11.5. The zero-order chi connectivity index (χ0) is 33.1. The van der Waals surface area contributed by atoms with Crippen molar-refractivity contribution in [3.63, 3.8) is 0 Å². The molecule has 2 aliphatic heterocycles. The molecule has 252 valence electrons. The summed E-state index contributed by atoms with van der Waals surface area (Å²) in [6.45, 7) is 3.53. The van der Waals surface area contributed by atoms with E-state index in [1.54, 1.807) is 21.3 Å². The van der Waals surface area contributed by atoms with Crippen molar-refractivity contribution >= 4 is 10.8 Å². The minimum Gasteiger partial charge on any atom is -0.496 e. The second-order valence-corrected chi connectivity index (χ2v) is 11.9. The molecule has 6 rings (SSSR count). The van der Waals surface area contributed by atoms with Crippen LogP contribution in [0.5, 0.6) is 23.0 Å². The van der Waals surface area contributed by atoms with Crippen LogP contribution in [0.4, 0.5) is 0 Å². The van der Waals surface area contributed by atoms with Gasteiger partial charge in [-0.15, -0.1) is 10.2 Å². The van der Waals surface area contributed by atoms with E-state index in [1.165, 1.54) is 5.56 Å². The lowest BCUT2D eigenvalue weighted by atomic mass is 9.77. The number of rotatable bonds is 16. The molecule has 11 nitrogen and oxygen atoms in total. The smallest absolute Gasteiger partial charge is 0.185 e. The molecule has 1 saturated heterocycles. The molecule has 0 aromatic heterocycles. The molecule has 0 amide bonds. The molecule has 2 aliphatic rings. The van der Waals surface area contributed by atoms with Gasteiger partial charge >= 0.3 is 0 Å². The van der Waals surface area contributed by atoms with E-state index >= 15 is 0 Å². The summed E-state index contributed by atoms with van der Waals surface area (Å²) in [5.41, 5.74) is 3.14. The van der Waals surface area contributed by atoms with Crippen molar-refractivity contribution in [1.82, 2.24) is 5.32 Å². The first-order valence-corrected chi connectivity index (χ1v) is 16.4. The van der Waals surface area contributed by atoms with Crippen molar-refractivity contribution in [1.29, 1.82) is 0 Å². The highest BCUT2D eigenvalue weighted by molar-refractivity contribution is 5.94. The average Bonchev–Trinajstić information content (AvgIpc) is 3.65. The fourth-order valence-electron chi connectivity index (χ4n) is 6.63. The second-order valence-electron chi connectivity index (χ2n) is 11.9. The fourth-order valence-corrected chi connectivity index (χ4v) is 6.63. The number of ether oxygens (including phenoxy) is 6. The summed E-state index contributed by atoms with van der Waals surface area (Å²) in [4.78, 5) is 0. The van der Waals surface area contributed by atoms with Crippen molar-refractivity contribution in [3.8, 4) is 23.0 Å². The Bertz CT molecular complexity index is 1690. The van der Waals surface area contributed by atoms with Crippen LogP contribution >= 0.6 is 0 Å². The van der Waals surface area contributed by atoms with Crippen molar-refractivity contribution in [3.05, 3.63) is 95.6 Å². The first kappa shape index (κ1) is 33.3. The summed E-state index contributed by atoms with van der Waals surface area (Å²) in [6, 6.07) is 26.3. The van der Waals surface area contributed by atoms with Crippen LogP contribution in [0.1, 0.15) is 35.4 Å². The second kappa shape index (κ2) is 16.5. The predicted octanol–water partition coefficient (Wildman–Crippen LogP) is 7.29. The maximum absolute atomic E-state index is 6.74. The first-order valence-electron chi connectivity index (χ1n) is 16.4. The summed E-state index contributed by atoms with van der Waals surface area (Å²) < 4.78 is 35.7. The van der Waals surface area contributed by atoms with E-state index < -0.39 is 0 Å². The Labute approximate surface area is 281 Å². The molecule has 0 bridgehead atoms. The zero-order valence-electron chi connectivity index (χ0n) is 27.7. The van der Waals surface area contributed by atoms with E-state index in [0.717, 1.165) is 57.9 Å². The Balaban J connectivity index is 1.11. The fraction of sp³-hybridized carbons (Fsp3) is 0.405. The maximum Gasteiger partial charge on any atom is 0.185 e. The van der Waals surface area contributed by atoms with E-state index in [0.29, 0.717) is 39.4 Å². The Morgan fingerprint density at radius 1 is 0.729 bits per heavy atom. The zero-order valence-corrected chi connectivity index (χ0v) is 27.7. The third-order valence-electron chi connectivity index (χ3n) is 8.91. The molecule has 48 heavy (non-hydrogen) atoms. The van der Waals surface area contributed by atoms with E-state index in [1.807, 2.05) is 66.7 Å². The number of piperidine rings is 1. The number of benzene rings is 4. The lowest BCUT2D eigenvalue weighted by Gasteiger charge is -2.39. The molecule has 1 fully saturated rings. The molecule has 0 unspecified atom stereocenters. The molecule has 0 radical (unpaired) electrons. The quantitative estimate of drug-likeness (QED) is 0.126. The molecule has 11 heteroatoms. The molecule has 0 aliphatic carbocycles. The summed E-state index contributed by atoms with van der Waals surface area (Å²) in [7, 11) is 5.06. The van der Waals surface area contributed by atoms with Crippen LogP contribution in [0.15, 0.2) is 99.5 Å². The van der Waals surface area contributed by atoms with E-state index in [2.05, 4.69) is 38.1 Å². The minimum atomic E-state index is -0.282. The number of nitrogens with one attached hydrogen (secondary N) is 1. The van der Waals surface area contributed by atoms with Crippen molar-refractivity contribution in [2.45, 2.75) is 44.2 Å². The van der Waals surface area contributed by atoms with Crippen LogP contribution in [0, 0.1) is 5.92 Å². The third-order valence-corrected chi connectivity index (χ3v) is 8.91. The van der Waals surface area contributed by atoms with Gasteiger partial charge < -0.3 is 33.7 Å². The topological polar surface area (TPSA) is 117 Å². The van der Waals surface area contributed by atoms with E-state index in [-0.39, 0.29) is 24.1 Å². The molecule has 4 aromatic carbocycles. The van der Waals surface area contributed by atoms with E-state index in [9.17, 15) is 0 Å². The Hall–Kier alpha value is -4.58. The summed E-state index contributed by atoms with van der Waals surface area (Å²) in [5.74, 6) is 3.52. The normalized spacial score (nSPS) is 19.1. The number of hydrogen-bond donors (Lipinski definition) is 1. The van der Waals surface area contributed by atoms with Crippen molar-refractivity contribution in [2.75, 3.05) is 47.6 Å². The number of nitrogens with zero attached hydrogens (tertiary/aromatic N) is 4. The van der Waals surface area contributed by atoms with Gasteiger partial charge in [-0.25, -0.2) is 0 Å². The van der Waals surface area contributed by atoms with Gasteiger partial charge in [0.2, 0.25) is 0 Å². The van der Waals surface area contributed by atoms with Crippen LogP contribution in [0.25, 0.3) is 10.8 Å². The predicted molar refractivity (Wildman–Crippen MR) is 182 cm³/mol. The van der Waals surface area contributed by atoms with Gasteiger partial charge in [-0.2, -0.15) is 0 Å². The number of methoxy groups -OCH3 is 3. The third kappa shape index (κ3) is 7.92.